The number of amides is 1. The molecule has 0 aliphatic carbocycles. The molecular weight excluding hydrogens is 438 g/mol. The first kappa shape index (κ1) is 22.7. The minimum absolute atomic E-state index is 0.0174. The number of thioether (sulfide) groups is 1. The highest BCUT2D eigenvalue weighted by Crippen LogP contribution is 2.35. The molecule has 170 valence electrons. The molecule has 1 saturated heterocycles. The monoisotopic (exact) mass is 463 g/mol. The van der Waals surface area contributed by atoms with Gasteiger partial charge >= 0.3 is 0 Å². The summed E-state index contributed by atoms with van der Waals surface area (Å²) in [7, 11) is 0. The summed E-state index contributed by atoms with van der Waals surface area (Å²) in [5.74, 6) is 1.38. The highest BCUT2D eigenvalue weighted by molar-refractivity contribution is 7.98. The van der Waals surface area contributed by atoms with Crippen molar-refractivity contribution in [1.29, 1.82) is 0 Å². The molecule has 1 fully saturated rings. The van der Waals surface area contributed by atoms with Gasteiger partial charge in [-0.1, -0.05) is 48.2 Å². The fourth-order valence-electron chi connectivity index (χ4n) is 4.06. The molecule has 0 bridgehead atoms. The highest BCUT2D eigenvalue weighted by atomic mass is 32.2. The van der Waals surface area contributed by atoms with Crippen molar-refractivity contribution in [3.05, 3.63) is 93.8 Å². The van der Waals surface area contributed by atoms with E-state index in [0.29, 0.717) is 24.4 Å². The van der Waals surface area contributed by atoms with Crippen molar-refractivity contribution in [1.82, 2.24) is 19.7 Å². The number of aromatic nitrogens is 3. The number of benzene rings is 2. The van der Waals surface area contributed by atoms with E-state index in [0.717, 1.165) is 34.9 Å². The number of nitrogens with zero attached hydrogens (tertiary/aromatic N) is 5. The van der Waals surface area contributed by atoms with Crippen LogP contribution in [0.15, 0.2) is 66.3 Å². The quantitative estimate of drug-likeness (QED) is 0.203. The van der Waals surface area contributed by atoms with Gasteiger partial charge in [0.15, 0.2) is 11.0 Å². The van der Waals surface area contributed by atoms with Gasteiger partial charge in [-0.3, -0.25) is 14.9 Å². The molecule has 1 aliphatic heterocycles. The molecule has 9 heteroatoms. The Hall–Kier alpha value is -3.46. The molecule has 1 aliphatic rings. The van der Waals surface area contributed by atoms with E-state index in [9.17, 15) is 14.9 Å². The lowest BCUT2D eigenvalue weighted by Crippen LogP contribution is -2.32. The first-order chi connectivity index (χ1) is 16.0. The summed E-state index contributed by atoms with van der Waals surface area (Å²) in [4.78, 5) is 25.7. The zero-order valence-corrected chi connectivity index (χ0v) is 19.2. The number of aryl methyl sites for hydroxylation is 1. The molecule has 1 atom stereocenters. The summed E-state index contributed by atoms with van der Waals surface area (Å²) in [6.07, 6.45) is 3.54. The number of carbonyl (C=O) groups is 1. The summed E-state index contributed by atoms with van der Waals surface area (Å²) in [6.45, 7) is 7.04. The van der Waals surface area contributed by atoms with E-state index in [-0.39, 0.29) is 17.6 Å². The largest absolute Gasteiger partial charge is 0.328 e. The highest BCUT2D eigenvalue weighted by Gasteiger charge is 2.35. The van der Waals surface area contributed by atoms with Gasteiger partial charge in [0.1, 0.15) is 0 Å². The number of nitro benzene ring substituents is 1. The Morgan fingerprint density at radius 3 is 2.70 bits per heavy atom. The Morgan fingerprint density at radius 2 is 2.00 bits per heavy atom. The Morgan fingerprint density at radius 1 is 1.24 bits per heavy atom. The van der Waals surface area contributed by atoms with Crippen molar-refractivity contribution < 1.29 is 9.72 Å². The zero-order chi connectivity index (χ0) is 23.4. The molecule has 0 radical (unpaired) electrons. The number of carbonyl (C=O) groups excluding carboxylic acids is 1. The van der Waals surface area contributed by atoms with Crippen LogP contribution >= 0.6 is 11.8 Å². The molecule has 33 heavy (non-hydrogen) atoms. The van der Waals surface area contributed by atoms with Crippen LogP contribution in [0.5, 0.6) is 0 Å². The van der Waals surface area contributed by atoms with Gasteiger partial charge in [0, 0.05) is 36.5 Å². The van der Waals surface area contributed by atoms with Crippen LogP contribution in [-0.4, -0.2) is 37.0 Å². The minimum Gasteiger partial charge on any atom is -0.328 e. The summed E-state index contributed by atoms with van der Waals surface area (Å²) in [6, 6.07) is 14.0. The third-order valence-corrected chi connectivity index (χ3v) is 6.80. The Labute approximate surface area is 196 Å². The molecule has 0 N–H and O–H groups in total. The van der Waals surface area contributed by atoms with Gasteiger partial charge in [0.25, 0.3) is 11.6 Å². The molecule has 2 aromatic carbocycles. The van der Waals surface area contributed by atoms with E-state index < -0.39 is 4.92 Å². The van der Waals surface area contributed by atoms with E-state index in [2.05, 4.69) is 16.8 Å². The minimum atomic E-state index is -0.407. The van der Waals surface area contributed by atoms with Crippen LogP contribution in [0.1, 0.15) is 46.2 Å². The Kier molecular flexibility index (Phi) is 6.88. The normalized spacial score (nSPS) is 15.5. The van der Waals surface area contributed by atoms with Gasteiger partial charge in [-0.05, 0) is 37.0 Å². The third kappa shape index (κ3) is 4.83. The van der Waals surface area contributed by atoms with E-state index in [4.69, 9.17) is 0 Å². The van der Waals surface area contributed by atoms with Gasteiger partial charge in [0.2, 0.25) is 0 Å². The molecule has 3 aromatic rings. The number of likely N-dealkylation sites (tertiary alicyclic amines) is 1. The molecule has 1 unspecified atom stereocenters. The van der Waals surface area contributed by atoms with Gasteiger partial charge in [0.05, 0.1) is 11.0 Å². The average molecular weight is 464 g/mol. The second-order valence-corrected chi connectivity index (χ2v) is 8.87. The lowest BCUT2D eigenvalue weighted by Gasteiger charge is -2.25. The van der Waals surface area contributed by atoms with Crippen molar-refractivity contribution >= 4 is 23.4 Å². The van der Waals surface area contributed by atoms with Crippen molar-refractivity contribution in [2.75, 3.05) is 6.54 Å². The Bertz CT molecular complexity index is 1180. The van der Waals surface area contributed by atoms with Crippen molar-refractivity contribution in [2.24, 2.45) is 0 Å². The van der Waals surface area contributed by atoms with Crippen LogP contribution < -0.4 is 0 Å². The molecule has 4 rings (SSSR count). The number of hydrogen-bond acceptors (Lipinski definition) is 6. The van der Waals surface area contributed by atoms with E-state index in [1.165, 1.54) is 23.9 Å². The first-order valence-corrected chi connectivity index (χ1v) is 11.7. The fourth-order valence-corrected chi connectivity index (χ4v) is 4.97. The van der Waals surface area contributed by atoms with Crippen molar-refractivity contribution in [3.63, 3.8) is 0 Å². The van der Waals surface area contributed by atoms with E-state index >= 15 is 0 Å². The molecule has 0 saturated carbocycles. The zero-order valence-electron chi connectivity index (χ0n) is 18.4. The number of hydrogen-bond donors (Lipinski definition) is 0. The van der Waals surface area contributed by atoms with Crippen LogP contribution in [-0.2, 0) is 12.3 Å². The number of rotatable bonds is 8. The first-order valence-electron chi connectivity index (χ1n) is 10.8. The number of allylic oxidation sites excluding steroid dienone is 1. The number of nitro groups is 1. The summed E-state index contributed by atoms with van der Waals surface area (Å²) >= 11 is 1.51. The Balaban J connectivity index is 1.55. The average Bonchev–Trinajstić information content (AvgIpc) is 3.45. The maximum atomic E-state index is 13.3. The predicted octanol–water partition coefficient (Wildman–Crippen LogP) is 4.95. The molecule has 8 nitrogen and oxygen atoms in total. The van der Waals surface area contributed by atoms with Gasteiger partial charge < -0.3 is 9.47 Å². The summed E-state index contributed by atoms with van der Waals surface area (Å²) < 4.78 is 2.01. The van der Waals surface area contributed by atoms with Gasteiger partial charge in [-0.2, -0.15) is 0 Å². The van der Waals surface area contributed by atoms with Crippen LogP contribution in [0.3, 0.4) is 0 Å². The molecular formula is C24H25N5O3S. The lowest BCUT2D eigenvalue weighted by molar-refractivity contribution is -0.384. The smallest absolute Gasteiger partial charge is 0.269 e. The van der Waals surface area contributed by atoms with Gasteiger partial charge in [-0.25, -0.2) is 0 Å². The molecule has 1 amide bonds. The lowest BCUT2D eigenvalue weighted by atomic mass is 10.1. The number of non-ortho nitro benzene ring substituents is 1. The van der Waals surface area contributed by atoms with Crippen LogP contribution in [0.25, 0.3) is 0 Å². The van der Waals surface area contributed by atoms with Crippen LogP contribution in [0.2, 0.25) is 0 Å². The molecule has 2 heterocycles. The standard InChI is InChI=1S/C24H25N5O3S/c1-3-14-28-22(21-9-6-15-27(21)23(30)20-8-5-4-7-17(20)2)25-26-24(28)33-16-18-10-12-19(13-11-18)29(31)32/h3-5,7-8,10-13,21H,1,6,9,14-16H2,2H3. The topological polar surface area (TPSA) is 94.2 Å². The van der Waals surface area contributed by atoms with Crippen LogP contribution in [0.4, 0.5) is 5.69 Å². The van der Waals surface area contributed by atoms with Crippen LogP contribution in [0, 0.1) is 17.0 Å². The van der Waals surface area contributed by atoms with Crippen molar-refractivity contribution in [2.45, 2.75) is 43.3 Å². The SMILES string of the molecule is C=CCn1c(SCc2ccc([N+](=O)[O-])cc2)nnc1C1CCCN1C(=O)c1ccccc1C. The van der Waals surface area contributed by atoms with Crippen molar-refractivity contribution in [3.8, 4) is 0 Å². The summed E-state index contributed by atoms with van der Waals surface area (Å²) in [5, 5.41) is 20.5. The maximum absolute atomic E-state index is 13.3. The second kappa shape index (κ2) is 9.99. The maximum Gasteiger partial charge on any atom is 0.269 e. The second-order valence-electron chi connectivity index (χ2n) is 7.92. The van der Waals surface area contributed by atoms with Gasteiger partial charge in [-0.15, -0.1) is 16.8 Å². The molecule has 1 aromatic heterocycles. The fraction of sp³-hybridized carbons (Fsp3) is 0.292. The van der Waals surface area contributed by atoms with E-state index in [1.807, 2.05) is 40.7 Å². The van der Waals surface area contributed by atoms with E-state index in [1.54, 1.807) is 18.2 Å². The predicted molar refractivity (Wildman–Crippen MR) is 127 cm³/mol. The third-order valence-electron chi connectivity index (χ3n) is 5.76. The summed E-state index contributed by atoms with van der Waals surface area (Å²) in [5.41, 5.74) is 2.70. The molecule has 0 spiro atoms.